The number of aromatic nitrogens is 1. The van der Waals surface area contributed by atoms with Gasteiger partial charge in [-0.1, -0.05) is 0 Å². The molecule has 12 heteroatoms. The number of rotatable bonds is 5. The Bertz CT molecular complexity index is 1030. The third-order valence-corrected chi connectivity index (χ3v) is 6.18. The first-order valence-corrected chi connectivity index (χ1v) is 11.2. The molecule has 0 spiro atoms. The quantitative estimate of drug-likeness (QED) is 0.663. The summed E-state index contributed by atoms with van der Waals surface area (Å²) < 4.78 is 51.8. The van der Waals surface area contributed by atoms with Crippen LogP contribution in [-0.2, 0) is 10.9 Å². The van der Waals surface area contributed by atoms with Crippen LogP contribution in [0.3, 0.4) is 0 Å². The number of likely N-dealkylation sites (tertiary alicyclic amines) is 1. The first-order valence-electron chi connectivity index (χ1n) is 10.3. The van der Waals surface area contributed by atoms with Crippen molar-refractivity contribution < 1.29 is 37.3 Å². The summed E-state index contributed by atoms with van der Waals surface area (Å²) in [6, 6.07) is 0.549. The zero-order chi connectivity index (χ0) is 24.6. The van der Waals surface area contributed by atoms with E-state index >= 15 is 0 Å². The van der Waals surface area contributed by atoms with Crippen molar-refractivity contribution >= 4 is 33.6 Å². The molecular weight excluding hydrogens is 463 g/mol. The second-order valence-corrected chi connectivity index (χ2v) is 9.47. The molecule has 2 aromatic rings. The van der Waals surface area contributed by atoms with E-state index in [9.17, 15) is 27.9 Å². The summed E-state index contributed by atoms with van der Waals surface area (Å²) >= 11 is 0.801. The van der Waals surface area contributed by atoms with E-state index in [0.29, 0.717) is 12.8 Å². The average molecular weight is 490 g/mol. The molecular formula is C21H26F3N3O5S. The van der Waals surface area contributed by atoms with Crippen LogP contribution in [0.4, 0.5) is 18.0 Å². The van der Waals surface area contributed by atoms with Crippen LogP contribution in [0.2, 0.25) is 0 Å². The Morgan fingerprint density at radius 3 is 2.64 bits per heavy atom. The number of carbonyl (C=O) groups is 2. The molecule has 2 aromatic heterocycles. The third kappa shape index (κ3) is 5.85. The number of amides is 2. The minimum Gasteiger partial charge on any atom is -0.474 e. The molecule has 0 bridgehead atoms. The molecule has 3 rings (SSSR count). The molecule has 0 aromatic carbocycles. The Morgan fingerprint density at radius 1 is 1.36 bits per heavy atom. The van der Waals surface area contributed by atoms with Gasteiger partial charge in [-0.15, -0.1) is 11.3 Å². The van der Waals surface area contributed by atoms with E-state index in [0.717, 1.165) is 17.4 Å². The fourth-order valence-electron chi connectivity index (χ4n) is 3.55. The van der Waals surface area contributed by atoms with E-state index < -0.39 is 35.4 Å². The highest BCUT2D eigenvalue weighted by molar-refractivity contribution is 7.17. The molecule has 182 valence electrons. The fraction of sp³-hybridized carbons (Fsp3) is 0.571. The van der Waals surface area contributed by atoms with Gasteiger partial charge in [-0.05, 0) is 20.8 Å². The summed E-state index contributed by atoms with van der Waals surface area (Å²) in [5.41, 5.74) is -2.09. The van der Waals surface area contributed by atoms with Crippen LogP contribution in [0, 0.1) is 0 Å². The van der Waals surface area contributed by atoms with E-state index in [1.54, 1.807) is 6.92 Å². The predicted molar refractivity (Wildman–Crippen MR) is 115 cm³/mol. The number of thiophene rings is 1. The van der Waals surface area contributed by atoms with E-state index in [1.165, 1.54) is 31.2 Å². The van der Waals surface area contributed by atoms with Gasteiger partial charge >= 0.3 is 12.3 Å². The normalized spacial score (nSPS) is 19.5. The van der Waals surface area contributed by atoms with Crippen molar-refractivity contribution in [2.75, 3.05) is 20.2 Å². The SMILES string of the molecule is CNC(=O)c1csc2c(C(F)(F)F)cc(O[C@@H]3CCN(C(=O)OCC(C)(C)O)[C@H](C)C3)nc12. The number of halogens is 3. The predicted octanol–water partition coefficient (Wildman–Crippen LogP) is 3.81. The Labute approximate surface area is 192 Å². The fourth-order valence-corrected chi connectivity index (χ4v) is 4.57. The van der Waals surface area contributed by atoms with Crippen molar-refractivity contribution in [3.8, 4) is 5.88 Å². The summed E-state index contributed by atoms with van der Waals surface area (Å²) in [4.78, 5) is 30.1. The number of piperidine rings is 1. The molecule has 0 unspecified atom stereocenters. The first-order chi connectivity index (χ1) is 15.3. The van der Waals surface area contributed by atoms with Crippen LogP contribution in [0.25, 0.3) is 10.2 Å². The number of carbonyl (C=O) groups excluding carboxylic acids is 2. The lowest BCUT2D eigenvalue weighted by Crippen LogP contribution is -2.48. The monoisotopic (exact) mass is 489 g/mol. The van der Waals surface area contributed by atoms with E-state index in [2.05, 4.69) is 10.3 Å². The third-order valence-electron chi connectivity index (χ3n) is 5.18. The van der Waals surface area contributed by atoms with Crippen LogP contribution < -0.4 is 10.1 Å². The highest BCUT2D eigenvalue weighted by Crippen LogP contribution is 2.40. The van der Waals surface area contributed by atoms with Crippen LogP contribution >= 0.6 is 11.3 Å². The Kier molecular flexibility index (Phi) is 7.08. The zero-order valence-corrected chi connectivity index (χ0v) is 19.5. The molecule has 3 heterocycles. The number of nitrogens with one attached hydrogen (secondary N) is 1. The van der Waals surface area contributed by atoms with Gasteiger partial charge in [0.05, 0.1) is 26.9 Å². The van der Waals surface area contributed by atoms with Gasteiger partial charge in [0.1, 0.15) is 12.7 Å². The lowest BCUT2D eigenvalue weighted by atomic mass is 10.0. The van der Waals surface area contributed by atoms with Crippen molar-refractivity contribution in [3.05, 3.63) is 22.6 Å². The highest BCUT2D eigenvalue weighted by Gasteiger charge is 2.37. The summed E-state index contributed by atoms with van der Waals surface area (Å²) in [7, 11) is 1.39. The van der Waals surface area contributed by atoms with Crippen molar-refractivity contribution in [1.29, 1.82) is 0 Å². The highest BCUT2D eigenvalue weighted by atomic mass is 32.1. The molecule has 1 fully saturated rings. The number of nitrogens with zero attached hydrogens (tertiary/aromatic N) is 2. The molecule has 2 atom stereocenters. The molecule has 8 nitrogen and oxygen atoms in total. The Morgan fingerprint density at radius 2 is 2.06 bits per heavy atom. The van der Waals surface area contributed by atoms with E-state index in [4.69, 9.17) is 9.47 Å². The lowest BCUT2D eigenvalue weighted by Gasteiger charge is -2.37. The van der Waals surface area contributed by atoms with Crippen LogP contribution in [0.15, 0.2) is 11.4 Å². The maximum absolute atomic E-state index is 13.7. The number of hydrogen-bond donors (Lipinski definition) is 2. The molecule has 1 saturated heterocycles. The largest absolute Gasteiger partial charge is 0.474 e. The second-order valence-electron chi connectivity index (χ2n) is 8.59. The zero-order valence-electron chi connectivity index (χ0n) is 18.7. The van der Waals surface area contributed by atoms with Gasteiger partial charge in [-0.2, -0.15) is 13.2 Å². The molecule has 1 aliphatic heterocycles. The number of hydrogen-bond acceptors (Lipinski definition) is 7. The van der Waals surface area contributed by atoms with Crippen LogP contribution in [0.5, 0.6) is 5.88 Å². The Balaban J connectivity index is 1.78. The first kappa shape index (κ1) is 25.0. The smallest absolute Gasteiger partial charge is 0.418 e. The van der Waals surface area contributed by atoms with Gasteiger partial charge in [0, 0.05) is 43.9 Å². The number of fused-ring (bicyclic) bond motifs is 1. The van der Waals surface area contributed by atoms with Gasteiger partial charge < -0.3 is 24.8 Å². The molecule has 1 aliphatic rings. The summed E-state index contributed by atoms with van der Waals surface area (Å²) in [5, 5.41) is 13.5. The van der Waals surface area contributed by atoms with Crippen LogP contribution in [0.1, 0.15) is 49.5 Å². The minimum absolute atomic E-state index is 0.0474. The molecule has 0 radical (unpaired) electrons. The maximum Gasteiger partial charge on any atom is 0.418 e. The number of alkyl halides is 3. The Hall–Kier alpha value is -2.60. The van der Waals surface area contributed by atoms with Crippen LogP contribution in [-0.4, -0.2) is 64.9 Å². The molecule has 2 N–H and O–H groups in total. The molecule has 2 amide bonds. The van der Waals surface area contributed by atoms with Gasteiger partial charge in [0.2, 0.25) is 5.88 Å². The molecule has 33 heavy (non-hydrogen) atoms. The van der Waals surface area contributed by atoms with Crippen molar-refractivity contribution in [2.24, 2.45) is 0 Å². The maximum atomic E-state index is 13.7. The average Bonchev–Trinajstić information content (AvgIpc) is 3.13. The summed E-state index contributed by atoms with van der Waals surface area (Å²) in [6.07, 6.45) is -4.99. The van der Waals surface area contributed by atoms with Crippen molar-refractivity contribution in [2.45, 2.75) is 57.5 Å². The van der Waals surface area contributed by atoms with Gasteiger partial charge in [0.25, 0.3) is 5.91 Å². The van der Waals surface area contributed by atoms with Crippen molar-refractivity contribution in [3.63, 3.8) is 0 Å². The van der Waals surface area contributed by atoms with Gasteiger partial charge in [0.15, 0.2) is 0 Å². The minimum atomic E-state index is -4.65. The van der Waals surface area contributed by atoms with Gasteiger partial charge in [-0.3, -0.25) is 4.79 Å². The van der Waals surface area contributed by atoms with E-state index in [-0.39, 0.29) is 40.9 Å². The molecule has 0 saturated carbocycles. The van der Waals surface area contributed by atoms with Gasteiger partial charge in [-0.25, -0.2) is 9.78 Å². The summed E-state index contributed by atoms with van der Waals surface area (Å²) in [5.74, 6) is -0.765. The second kappa shape index (κ2) is 9.34. The van der Waals surface area contributed by atoms with Crippen molar-refractivity contribution in [1.82, 2.24) is 15.2 Å². The molecule has 0 aliphatic carbocycles. The lowest BCUT2D eigenvalue weighted by molar-refractivity contribution is -0.136. The standard InChI is InChI=1S/C21H26F3N3O5S/c1-11-7-12(5-6-27(11)19(29)31-10-20(2,3)30)32-15-8-14(21(22,23)24)17-16(26-15)13(9-33-17)18(28)25-4/h8-9,11-12,30H,5-7,10H2,1-4H3,(H,25,28)/t11-,12-/m1/s1. The van der Waals surface area contributed by atoms with E-state index in [1.807, 2.05) is 0 Å². The topological polar surface area (TPSA) is 101 Å². The number of ether oxygens (including phenoxy) is 2. The number of pyridine rings is 1. The summed E-state index contributed by atoms with van der Waals surface area (Å²) in [6.45, 7) is 4.93. The number of aliphatic hydroxyl groups is 1.